The van der Waals surface area contributed by atoms with Gasteiger partial charge in [-0.3, -0.25) is 4.52 Å². The number of phosphoric acid groups is 1. The van der Waals surface area contributed by atoms with Crippen LogP contribution >= 0.6 is 7.82 Å². The molecule has 5 nitrogen and oxygen atoms in total. The lowest BCUT2D eigenvalue weighted by Gasteiger charge is -2.08. The summed E-state index contributed by atoms with van der Waals surface area (Å²) < 4.78 is 17.3. The fourth-order valence-electron chi connectivity index (χ4n) is 2.65. The number of benzene rings is 2. The highest BCUT2D eigenvalue weighted by Crippen LogP contribution is 2.36. The van der Waals surface area contributed by atoms with E-state index in [0.29, 0.717) is 13.0 Å². The molecular formula is C15H16NO4P. The van der Waals surface area contributed by atoms with E-state index < -0.39 is 7.82 Å². The van der Waals surface area contributed by atoms with Crippen LogP contribution in [0.1, 0.15) is 6.42 Å². The van der Waals surface area contributed by atoms with Gasteiger partial charge < -0.3 is 14.4 Å². The average molecular weight is 305 g/mol. The van der Waals surface area contributed by atoms with Gasteiger partial charge in [-0.05, 0) is 18.6 Å². The Morgan fingerprint density at radius 2 is 1.48 bits per heavy atom. The van der Waals surface area contributed by atoms with Crippen LogP contribution in [0, 0.1) is 0 Å². The maximum atomic E-state index is 10.7. The Hall–Kier alpha value is -1.65. The van der Waals surface area contributed by atoms with E-state index >= 15 is 0 Å². The van der Waals surface area contributed by atoms with E-state index in [9.17, 15) is 4.57 Å². The molecule has 0 atom stereocenters. The van der Waals surface area contributed by atoms with Gasteiger partial charge in [0.1, 0.15) is 0 Å². The van der Waals surface area contributed by atoms with Crippen LogP contribution in [0.5, 0.6) is 0 Å². The van der Waals surface area contributed by atoms with E-state index in [-0.39, 0.29) is 6.61 Å². The Balaban J connectivity index is 1.91. The van der Waals surface area contributed by atoms with Crippen molar-refractivity contribution in [3.8, 4) is 0 Å². The lowest BCUT2D eigenvalue weighted by Crippen LogP contribution is -2.01. The summed E-state index contributed by atoms with van der Waals surface area (Å²) in [6, 6.07) is 16.3. The predicted octanol–water partition coefficient (Wildman–Crippen LogP) is 3.29. The topological polar surface area (TPSA) is 71.7 Å². The highest BCUT2D eigenvalue weighted by molar-refractivity contribution is 7.46. The van der Waals surface area contributed by atoms with Crippen LogP contribution in [-0.4, -0.2) is 21.0 Å². The smallest absolute Gasteiger partial charge is 0.340 e. The third kappa shape index (κ3) is 3.01. The van der Waals surface area contributed by atoms with E-state index in [2.05, 4.69) is 33.4 Å². The molecule has 110 valence electrons. The Kier molecular flexibility index (Phi) is 3.83. The number of aromatic nitrogens is 1. The van der Waals surface area contributed by atoms with Crippen LogP contribution in [0.15, 0.2) is 48.5 Å². The maximum Gasteiger partial charge on any atom is 0.469 e. The van der Waals surface area contributed by atoms with E-state index in [0.717, 1.165) is 11.0 Å². The largest absolute Gasteiger partial charge is 0.469 e. The first-order valence-electron chi connectivity index (χ1n) is 6.72. The van der Waals surface area contributed by atoms with E-state index in [1.165, 1.54) is 10.8 Å². The van der Waals surface area contributed by atoms with Crippen LogP contribution in [0.3, 0.4) is 0 Å². The summed E-state index contributed by atoms with van der Waals surface area (Å²) >= 11 is 0. The van der Waals surface area contributed by atoms with Crippen molar-refractivity contribution < 1.29 is 18.9 Å². The molecule has 3 aromatic rings. The summed E-state index contributed by atoms with van der Waals surface area (Å²) in [7, 11) is -4.38. The summed E-state index contributed by atoms with van der Waals surface area (Å²) in [6.45, 7) is 0.680. The normalized spacial score (nSPS) is 12.3. The number of fused-ring (bicyclic) bond motifs is 3. The number of nitrogens with zero attached hydrogens (tertiary/aromatic N) is 1. The van der Waals surface area contributed by atoms with Crippen molar-refractivity contribution in [2.24, 2.45) is 0 Å². The maximum absolute atomic E-state index is 10.7. The molecule has 0 aliphatic rings. The van der Waals surface area contributed by atoms with Gasteiger partial charge in [-0.25, -0.2) is 4.57 Å². The van der Waals surface area contributed by atoms with Gasteiger partial charge in [0.25, 0.3) is 0 Å². The molecule has 0 spiro atoms. The summed E-state index contributed by atoms with van der Waals surface area (Å²) in [5.41, 5.74) is 2.24. The Morgan fingerprint density at radius 3 is 2.00 bits per heavy atom. The van der Waals surface area contributed by atoms with Gasteiger partial charge in [-0.2, -0.15) is 0 Å². The van der Waals surface area contributed by atoms with E-state index in [4.69, 9.17) is 9.79 Å². The summed E-state index contributed by atoms with van der Waals surface area (Å²) in [5, 5.41) is 2.37. The van der Waals surface area contributed by atoms with Crippen molar-refractivity contribution >= 4 is 29.6 Å². The third-order valence-electron chi connectivity index (χ3n) is 3.47. The van der Waals surface area contributed by atoms with Crippen LogP contribution in [0.4, 0.5) is 0 Å². The van der Waals surface area contributed by atoms with Crippen LogP contribution in [-0.2, 0) is 15.6 Å². The highest BCUT2D eigenvalue weighted by Gasteiger charge is 2.13. The fraction of sp³-hybridized carbons (Fsp3) is 0.200. The minimum Gasteiger partial charge on any atom is -0.340 e. The van der Waals surface area contributed by atoms with Crippen molar-refractivity contribution in [3.63, 3.8) is 0 Å². The molecule has 0 amide bonds. The molecule has 0 radical (unpaired) electrons. The zero-order valence-electron chi connectivity index (χ0n) is 11.3. The molecule has 6 heteroatoms. The molecule has 0 aliphatic carbocycles. The van der Waals surface area contributed by atoms with Crippen molar-refractivity contribution in [1.29, 1.82) is 0 Å². The molecule has 2 aromatic carbocycles. The van der Waals surface area contributed by atoms with Crippen LogP contribution in [0.25, 0.3) is 21.8 Å². The van der Waals surface area contributed by atoms with Gasteiger partial charge in [-0.15, -0.1) is 0 Å². The first-order chi connectivity index (χ1) is 10.1. The second-order valence-electron chi connectivity index (χ2n) is 4.86. The summed E-state index contributed by atoms with van der Waals surface area (Å²) in [6.07, 6.45) is 0.535. The lowest BCUT2D eigenvalue weighted by molar-refractivity contribution is 0.192. The lowest BCUT2D eigenvalue weighted by atomic mass is 10.2. The number of para-hydroxylation sites is 2. The number of hydrogen-bond acceptors (Lipinski definition) is 2. The average Bonchev–Trinajstić information content (AvgIpc) is 2.77. The minimum atomic E-state index is -4.38. The van der Waals surface area contributed by atoms with Crippen molar-refractivity contribution in [3.05, 3.63) is 48.5 Å². The molecule has 21 heavy (non-hydrogen) atoms. The van der Waals surface area contributed by atoms with E-state index in [1.54, 1.807) is 0 Å². The molecule has 3 rings (SSSR count). The van der Waals surface area contributed by atoms with Crippen molar-refractivity contribution in [2.45, 2.75) is 13.0 Å². The second-order valence-corrected chi connectivity index (χ2v) is 6.10. The van der Waals surface area contributed by atoms with Gasteiger partial charge in [0, 0.05) is 28.4 Å². The summed E-state index contributed by atoms with van der Waals surface area (Å²) in [5.74, 6) is 0. The summed E-state index contributed by atoms with van der Waals surface area (Å²) in [4.78, 5) is 17.4. The molecule has 0 aliphatic heterocycles. The van der Waals surface area contributed by atoms with Gasteiger partial charge in [0.2, 0.25) is 0 Å². The molecular weight excluding hydrogens is 289 g/mol. The first kappa shape index (κ1) is 14.3. The second kappa shape index (κ2) is 5.62. The standard InChI is InChI=1S/C15H16NO4P/c17-21(18,19)20-11-5-10-16-14-8-3-1-6-12(14)13-7-2-4-9-15(13)16/h1-4,6-9H,5,10-11H2,(H2,17,18,19). The van der Waals surface area contributed by atoms with Gasteiger partial charge in [-0.1, -0.05) is 36.4 Å². The van der Waals surface area contributed by atoms with Crippen molar-refractivity contribution in [1.82, 2.24) is 4.57 Å². The molecule has 2 N–H and O–H groups in total. The van der Waals surface area contributed by atoms with E-state index in [1.807, 2.05) is 24.3 Å². The Morgan fingerprint density at radius 1 is 0.952 bits per heavy atom. The van der Waals surface area contributed by atoms with Gasteiger partial charge >= 0.3 is 7.82 Å². The molecule has 0 fully saturated rings. The van der Waals surface area contributed by atoms with Gasteiger partial charge in [0.15, 0.2) is 0 Å². The molecule has 1 aromatic heterocycles. The number of hydrogen-bond donors (Lipinski definition) is 2. The fourth-order valence-corrected chi connectivity index (χ4v) is 3.02. The zero-order chi connectivity index (χ0) is 14.9. The Bertz CT molecular complexity index is 768. The minimum absolute atomic E-state index is 0.0328. The van der Waals surface area contributed by atoms with Gasteiger partial charge in [0.05, 0.1) is 6.61 Å². The quantitative estimate of drug-likeness (QED) is 0.560. The monoisotopic (exact) mass is 305 g/mol. The zero-order valence-corrected chi connectivity index (χ0v) is 12.2. The molecule has 0 bridgehead atoms. The van der Waals surface area contributed by atoms with Crippen LogP contribution < -0.4 is 0 Å². The van der Waals surface area contributed by atoms with Crippen molar-refractivity contribution in [2.75, 3.05) is 6.61 Å². The number of aryl methyl sites for hydroxylation is 1. The number of phosphoric ester groups is 1. The number of rotatable bonds is 5. The van der Waals surface area contributed by atoms with Crippen LogP contribution in [0.2, 0.25) is 0 Å². The molecule has 0 unspecified atom stereocenters. The highest BCUT2D eigenvalue weighted by atomic mass is 31.2. The molecule has 0 saturated carbocycles. The molecule has 1 heterocycles. The SMILES string of the molecule is O=P(O)(O)OCCCn1c2ccccc2c2ccccc21. The molecule has 0 saturated heterocycles. The first-order valence-corrected chi connectivity index (χ1v) is 8.25. The predicted molar refractivity (Wildman–Crippen MR) is 82.1 cm³/mol. The Labute approximate surface area is 122 Å². The third-order valence-corrected chi connectivity index (χ3v) is 3.98.